The van der Waals surface area contributed by atoms with Crippen molar-refractivity contribution in [1.29, 1.82) is 0 Å². The number of hydrogen-bond donors (Lipinski definition) is 0. The molecule has 6 rings (SSSR count). The normalized spacial score (nSPS) is 15.5. The van der Waals surface area contributed by atoms with E-state index in [2.05, 4.69) is 39.6 Å². The average molecular weight is 960 g/mol. The Balaban J connectivity index is 0.000000241. The minimum Gasteiger partial charge on any atom is -0.465 e. The Hall–Kier alpha value is -5.65. The van der Waals surface area contributed by atoms with Crippen LogP contribution in [0.5, 0.6) is 11.5 Å². The molecule has 0 amide bonds. The summed E-state index contributed by atoms with van der Waals surface area (Å²) in [5.41, 5.74) is -5.00. The summed E-state index contributed by atoms with van der Waals surface area (Å²) in [5, 5.41) is 13.6. The van der Waals surface area contributed by atoms with Crippen LogP contribution in [-0.2, 0) is 40.0 Å². The van der Waals surface area contributed by atoms with Gasteiger partial charge in [-0.2, -0.15) is 81.9 Å². The number of alkyl halides is 14. The van der Waals surface area contributed by atoms with E-state index in [1.165, 1.54) is 24.7 Å². The van der Waals surface area contributed by atoms with Gasteiger partial charge < -0.3 is 23.5 Å². The SMILES string of the molecule is COC(=O)c1cc(-c2cnn(-c3c(OC(F)F)c(C(F)(F)C(F)(F)F)nn3C)c2)cnc1Cl.Cn1nc(C(F)(F)C(F)(F)F)c(OC(F)F)c1-n1cc(B2OC(C)(C)C(C)(C)O2)cn1. The van der Waals surface area contributed by atoms with Crippen LogP contribution >= 0.6 is 11.6 Å². The van der Waals surface area contributed by atoms with Gasteiger partial charge in [0, 0.05) is 55.5 Å². The van der Waals surface area contributed by atoms with Crippen LogP contribution in [0.2, 0.25) is 5.15 Å². The molecule has 1 aliphatic heterocycles. The van der Waals surface area contributed by atoms with E-state index < -0.39 is 96.2 Å². The second-order valence-corrected chi connectivity index (χ2v) is 14.5. The highest BCUT2D eigenvalue weighted by atomic mass is 35.5. The Morgan fingerprint density at radius 2 is 1.16 bits per heavy atom. The maximum atomic E-state index is 13.9. The van der Waals surface area contributed by atoms with Crippen LogP contribution in [0.25, 0.3) is 22.8 Å². The molecule has 0 N–H and O–H groups in total. The van der Waals surface area contributed by atoms with Crippen molar-refractivity contribution in [3.8, 4) is 34.3 Å². The van der Waals surface area contributed by atoms with E-state index in [1.54, 1.807) is 27.7 Å². The monoisotopic (exact) mass is 959 g/mol. The summed E-state index contributed by atoms with van der Waals surface area (Å²) >= 11 is 5.84. The van der Waals surface area contributed by atoms with Crippen LogP contribution in [0.15, 0.2) is 37.1 Å². The second kappa shape index (κ2) is 17.1. The van der Waals surface area contributed by atoms with E-state index >= 15 is 0 Å². The molecule has 350 valence electrons. The molecule has 1 aliphatic rings. The third kappa shape index (κ3) is 9.29. The van der Waals surface area contributed by atoms with Crippen molar-refractivity contribution < 1.29 is 89.8 Å². The van der Waals surface area contributed by atoms with Crippen molar-refractivity contribution in [2.45, 2.75) is 76.3 Å². The van der Waals surface area contributed by atoms with Gasteiger partial charge in [-0.3, -0.25) is 0 Å². The van der Waals surface area contributed by atoms with Crippen LogP contribution in [0.3, 0.4) is 0 Å². The molecule has 5 aromatic heterocycles. The van der Waals surface area contributed by atoms with Crippen molar-refractivity contribution >= 4 is 30.2 Å². The molecule has 0 spiro atoms. The number of methoxy groups -OCH3 is 1. The Labute approximate surface area is 354 Å². The molecule has 0 saturated carbocycles. The molecule has 1 fully saturated rings. The highest BCUT2D eigenvalue weighted by molar-refractivity contribution is 6.62. The van der Waals surface area contributed by atoms with Gasteiger partial charge in [0.15, 0.2) is 34.5 Å². The molecule has 1 saturated heterocycles. The van der Waals surface area contributed by atoms with Crippen molar-refractivity contribution in [2.75, 3.05) is 7.11 Å². The highest BCUT2D eigenvalue weighted by Crippen LogP contribution is 2.50. The smallest absolute Gasteiger partial charge is 0.465 e. The summed E-state index contributed by atoms with van der Waals surface area (Å²) in [7, 11) is 2.08. The minimum atomic E-state index is -6.13. The van der Waals surface area contributed by atoms with Gasteiger partial charge in [0.25, 0.3) is 0 Å². The predicted molar refractivity (Wildman–Crippen MR) is 189 cm³/mol. The molecule has 0 bridgehead atoms. The van der Waals surface area contributed by atoms with Gasteiger partial charge in [0.05, 0.1) is 30.1 Å². The van der Waals surface area contributed by atoms with Crippen molar-refractivity contribution in [1.82, 2.24) is 44.1 Å². The van der Waals surface area contributed by atoms with Gasteiger partial charge in [-0.05, 0) is 33.8 Å². The number of hydrogen-bond acceptors (Lipinski definition) is 11. The number of carbonyl (C=O) groups is 1. The van der Waals surface area contributed by atoms with Crippen LogP contribution in [-0.4, -0.2) is 101 Å². The molecule has 0 unspecified atom stereocenters. The van der Waals surface area contributed by atoms with Gasteiger partial charge in [-0.25, -0.2) is 28.5 Å². The van der Waals surface area contributed by atoms with E-state index in [0.29, 0.717) is 14.0 Å². The Morgan fingerprint density at radius 3 is 1.58 bits per heavy atom. The van der Waals surface area contributed by atoms with Crippen LogP contribution in [0, 0.1) is 0 Å². The number of pyridine rings is 1. The number of nitrogens with zero attached hydrogens (tertiary/aromatic N) is 9. The molecule has 15 nitrogen and oxygen atoms in total. The van der Waals surface area contributed by atoms with Crippen molar-refractivity contribution in [3.63, 3.8) is 0 Å². The lowest BCUT2D eigenvalue weighted by molar-refractivity contribution is -0.291. The fourth-order valence-electron chi connectivity index (χ4n) is 5.57. The first-order valence-electron chi connectivity index (χ1n) is 17.4. The first kappa shape index (κ1) is 49.4. The van der Waals surface area contributed by atoms with E-state index in [9.17, 15) is 66.3 Å². The molecular weight excluding hydrogens is 931 g/mol. The van der Waals surface area contributed by atoms with Gasteiger partial charge in [-0.1, -0.05) is 11.6 Å². The Kier molecular flexibility index (Phi) is 13.2. The zero-order valence-electron chi connectivity index (χ0n) is 33.3. The van der Waals surface area contributed by atoms with Crippen LogP contribution in [0.4, 0.5) is 61.5 Å². The standard InChI is InChI=1S/C17H11ClF7N5O3.C16H18BF7N4O3/c1-29-13(10(33-15(19)20)11(28-29)16(21,22)17(23,24)25)30-6-8(5-27-30)7-3-9(14(31)32-2)12(18)26-4-7;1-13(2)14(3,4)31-17(30-13)8-6-25-28(7-8)11-9(29-12(18)19)10(26-27(11)5)15(20,21)16(22,23)24/h3-6,15H,1-2H3;6-7,12H,1-5H3. The fourth-order valence-corrected chi connectivity index (χ4v) is 5.75. The summed E-state index contributed by atoms with van der Waals surface area (Å²) in [6.07, 6.45) is -6.46. The fraction of sp³-hybridized carbons (Fsp3) is 0.455. The molecule has 0 atom stereocenters. The third-order valence-corrected chi connectivity index (χ3v) is 9.69. The number of aromatic nitrogens is 9. The largest absolute Gasteiger partial charge is 0.498 e. The topological polar surface area (TPSA) is 147 Å². The molecular formula is C33H29BClF14N9O6. The third-order valence-electron chi connectivity index (χ3n) is 9.39. The molecule has 6 heterocycles. The Bertz CT molecular complexity index is 2490. The highest BCUT2D eigenvalue weighted by Gasteiger charge is 2.64. The van der Waals surface area contributed by atoms with Gasteiger partial charge in [0.1, 0.15) is 5.15 Å². The predicted octanol–water partition coefficient (Wildman–Crippen LogP) is 7.52. The molecule has 0 aromatic carbocycles. The van der Waals surface area contributed by atoms with E-state index in [0.717, 1.165) is 38.3 Å². The summed E-state index contributed by atoms with van der Waals surface area (Å²) in [6.45, 7) is -0.327. The summed E-state index contributed by atoms with van der Waals surface area (Å²) < 4.78 is 211. The number of rotatable bonds is 11. The van der Waals surface area contributed by atoms with Crippen LogP contribution in [0.1, 0.15) is 49.4 Å². The summed E-state index contributed by atoms with van der Waals surface area (Å²) in [4.78, 5) is 15.6. The second-order valence-electron chi connectivity index (χ2n) is 14.2. The number of carbonyl (C=O) groups excluding carboxylic acids is 1. The molecule has 5 aromatic rings. The summed E-state index contributed by atoms with van der Waals surface area (Å²) in [5.74, 6) is -16.3. The van der Waals surface area contributed by atoms with Gasteiger partial charge in [-0.15, -0.1) is 0 Å². The lowest BCUT2D eigenvalue weighted by atomic mass is 9.82. The maximum absolute atomic E-state index is 13.9. The Morgan fingerprint density at radius 1 is 0.719 bits per heavy atom. The molecule has 0 aliphatic carbocycles. The number of aryl methyl sites for hydroxylation is 2. The molecule has 0 radical (unpaired) electrons. The van der Waals surface area contributed by atoms with E-state index in [1.807, 2.05) is 0 Å². The van der Waals surface area contributed by atoms with E-state index in [4.69, 9.17) is 20.9 Å². The van der Waals surface area contributed by atoms with Crippen molar-refractivity contribution in [3.05, 3.63) is 59.2 Å². The first-order valence-corrected chi connectivity index (χ1v) is 17.8. The zero-order valence-corrected chi connectivity index (χ0v) is 34.1. The molecule has 64 heavy (non-hydrogen) atoms. The number of halogens is 15. The minimum absolute atomic E-state index is 0.126. The average Bonchev–Trinajstić information content (AvgIpc) is 3.98. The quantitative estimate of drug-likeness (QED) is 0.0561. The number of esters is 1. The van der Waals surface area contributed by atoms with Gasteiger partial charge in [0.2, 0.25) is 0 Å². The molecule has 31 heteroatoms. The lowest BCUT2D eigenvalue weighted by Crippen LogP contribution is -2.41. The first-order chi connectivity index (χ1) is 29.3. The number of ether oxygens (including phenoxy) is 3. The lowest BCUT2D eigenvalue weighted by Gasteiger charge is -2.32. The summed E-state index contributed by atoms with van der Waals surface area (Å²) in [6, 6.07) is 1.26. The van der Waals surface area contributed by atoms with Crippen LogP contribution < -0.4 is 14.9 Å². The van der Waals surface area contributed by atoms with E-state index in [-0.39, 0.29) is 27.3 Å². The zero-order chi connectivity index (χ0) is 48.3. The van der Waals surface area contributed by atoms with Gasteiger partial charge >= 0.3 is 50.5 Å². The maximum Gasteiger partial charge on any atom is 0.498 e. The van der Waals surface area contributed by atoms with Crippen molar-refractivity contribution in [2.24, 2.45) is 14.1 Å².